The standard InChI is InChI=1S/C12H15ClN2O3.ClH/c1-12(2,5-14)15-11(16)7-3-8(13)10-9(4-7)17-6-18-10;/h3-4H,5-6,14H2,1-2H3,(H,15,16);1H. The van der Waals surface area contributed by atoms with Gasteiger partial charge in [-0.3, -0.25) is 4.79 Å². The highest BCUT2D eigenvalue weighted by molar-refractivity contribution is 6.32. The first-order chi connectivity index (χ1) is 8.43. The Morgan fingerprint density at radius 2 is 2.16 bits per heavy atom. The summed E-state index contributed by atoms with van der Waals surface area (Å²) in [5, 5.41) is 3.18. The van der Waals surface area contributed by atoms with Gasteiger partial charge < -0.3 is 20.5 Å². The molecule has 3 N–H and O–H groups in total. The van der Waals surface area contributed by atoms with Crippen LogP contribution in [0, 0.1) is 0 Å². The molecule has 1 aliphatic heterocycles. The van der Waals surface area contributed by atoms with Gasteiger partial charge >= 0.3 is 0 Å². The van der Waals surface area contributed by atoms with Crippen molar-refractivity contribution in [1.82, 2.24) is 5.32 Å². The first-order valence-electron chi connectivity index (χ1n) is 5.55. The van der Waals surface area contributed by atoms with Crippen LogP contribution in [0.15, 0.2) is 12.1 Å². The van der Waals surface area contributed by atoms with E-state index in [1.807, 2.05) is 13.8 Å². The van der Waals surface area contributed by atoms with E-state index in [2.05, 4.69) is 5.32 Å². The van der Waals surface area contributed by atoms with Crippen LogP contribution in [0.4, 0.5) is 0 Å². The molecule has 0 aliphatic carbocycles. The van der Waals surface area contributed by atoms with Crippen molar-refractivity contribution in [2.75, 3.05) is 13.3 Å². The maximum absolute atomic E-state index is 12.0. The van der Waals surface area contributed by atoms with Gasteiger partial charge in [-0.15, -0.1) is 12.4 Å². The summed E-state index contributed by atoms with van der Waals surface area (Å²) in [6.45, 7) is 4.16. The fourth-order valence-corrected chi connectivity index (χ4v) is 1.79. The quantitative estimate of drug-likeness (QED) is 0.895. The van der Waals surface area contributed by atoms with Gasteiger partial charge in [0.15, 0.2) is 11.5 Å². The minimum absolute atomic E-state index is 0. The van der Waals surface area contributed by atoms with Gasteiger partial charge in [0, 0.05) is 17.6 Å². The predicted octanol–water partition coefficient (Wildman–Crippen LogP) is 1.96. The average Bonchev–Trinajstić information content (AvgIpc) is 2.77. The smallest absolute Gasteiger partial charge is 0.251 e. The number of ether oxygens (including phenoxy) is 2. The average molecular weight is 307 g/mol. The maximum atomic E-state index is 12.0. The summed E-state index contributed by atoms with van der Waals surface area (Å²) >= 11 is 6.01. The maximum Gasteiger partial charge on any atom is 0.251 e. The summed E-state index contributed by atoms with van der Waals surface area (Å²) in [7, 11) is 0. The summed E-state index contributed by atoms with van der Waals surface area (Å²) < 4.78 is 10.4. The van der Waals surface area contributed by atoms with E-state index in [0.29, 0.717) is 28.6 Å². The molecule has 0 saturated carbocycles. The van der Waals surface area contributed by atoms with Crippen LogP contribution in [-0.2, 0) is 0 Å². The number of amides is 1. The molecule has 5 nitrogen and oxygen atoms in total. The van der Waals surface area contributed by atoms with Crippen molar-refractivity contribution in [3.8, 4) is 11.5 Å². The van der Waals surface area contributed by atoms with E-state index in [9.17, 15) is 4.79 Å². The van der Waals surface area contributed by atoms with Crippen LogP contribution in [0.3, 0.4) is 0 Å². The molecule has 0 aromatic heterocycles. The van der Waals surface area contributed by atoms with Crippen LogP contribution in [0.25, 0.3) is 0 Å². The van der Waals surface area contributed by atoms with E-state index >= 15 is 0 Å². The molecule has 7 heteroatoms. The van der Waals surface area contributed by atoms with Crippen LogP contribution in [0.1, 0.15) is 24.2 Å². The van der Waals surface area contributed by atoms with E-state index in [1.54, 1.807) is 12.1 Å². The zero-order valence-corrected chi connectivity index (χ0v) is 12.2. The molecule has 0 spiro atoms. The number of nitrogens with two attached hydrogens (primary N) is 1. The molecule has 2 rings (SSSR count). The number of hydrogen-bond donors (Lipinski definition) is 2. The van der Waals surface area contributed by atoms with Crippen LogP contribution in [0.5, 0.6) is 11.5 Å². The number of hydrogen-bond acceptors (Lipinski definition) is 4. The summed E-state index contributed by atoms with van der Waals surface area (Å²) in [5.41, 5.74) is 5.52. The highest BCUT2D eigenvalue weighted by Crippen LogP contribution is 2.39. The number of carbonyl (C=O) groups excluding carboxylic acids is 1. The van der Waals surface area contributed by atoms with E-state index < -0.39 is 5.54 Å². The second-order valence-corrected chi connectivity index (χ2v) is 5.14. The number of carbonyl (C=O) groups is 1. The Kier molecular flexibility index (Phi) is 4.90. The number of nitrogens with one attached hydrogen (secondary N) is 1. The molecule has 1 aromatic carbocycles. The van der Waals surface area contributed by atoms with Gasteiger partial charge in [0.25, 0.3) is 5.91 Å². The minimum atomic E-state index is -0.472. The molecule has 1 aromatic rings. The van der Waals surface area contributed by atoms with Crippen LogP contribution >= 0.6 is 24.0 Å². The summed E-state index contributed by atoms with van der Waals surface area (Å²) in [5.74, 6) is 0.718. The largest absolute Gasteiger partial charge is 0.454 e. The molecule has 0 atom stereocenters. The van der Waals surface area contributed by atoms with Crippen molar-refractivity contribution in [3.63, 3.8) is 0 Å². The van der Waals surface area contributed by atoms with Crippen molar-refractivity contribution in [2.45, 2.75) is 19.4 Å². The fraction of sp³-hybridized carbons (Fsp3) is 0.417. The highest BCUT2D eigenvalue weighted by Gasteiger charge is 2.23. The summed E-state index contributed by atoms with van der Waals surface area (Å²) in [4.78, 5) is 12.0. The molecule has 1 heterocycles. The Balaban J connectivity index is 0.00000180. The van der Waals surface area contributed by atoms with Gasteiger partial charge in [0.2, 0.25) is 6.79 Å². The van der Waals surface area contributed by atoms with Crippen LogP contribution < -0.4 is 20.5 Å². The minimum Gasteiger partial charge on any atom is -0.454 e. The Morgan fingerprint density at radius 3 is 2.79 bits per heavy atom. The lowest BCUT2D eigenvalue weighted by molar-refractivity contribution is 0.0915. The first-order valence-corrected chi connectivity index (χ1v) is 5.92. The van der Waals surface area contributed by atoms with Crippen molar-refractivity contribution in [1.29, 1.82) is 0 Å². The molecule has 1 amide bonds. The van der Waals surface area contributed by atoms with E-state index in [-0.39, 0.29) is 25.1 Å². The van der Waals surface area contributed by atoms with Gasteiger partial charge in [-0.05, 0) is 26.0 Å². The van der Waals surface area contributed by atoms with E-state index in [0.717, 1.165) is 0 Å². The molecular weight excluding hydrogens is 291 g/mol. The summed E-state index contributed by atoms with van der Waals surface area (Å²) in [6.07, 6.45) is 0. The Labute approximate surface area is 122 Å². The normalized spacial score (nSPS) is 12.8. The zero-order valence-electron chi connectivity index (χ0n) is 10.7. The van der Waals surface area contributed by atoms with Gasteiger partial charge in [0.1, 0.15) is 0 Å². The molecule has 19 heavy (non-hydrogen) atoms. The zero-order chi connectivity index (χ0) is 13.3. The molecule has 0 unspecified atom stereocenters. The van der Waals surface area contributed by atoms with Crippen LogP contribution in [0.2, 0.25) is 5.02 Å². The lowest BCUT2D eigenvalue weighted by Gasteiger charge is -2.24. The third kappa shape index (κ3) is 3.43. The highest BCUT2D eigenvalue weighted by atomic mass is 35.5. The first kappa shape index (κ1) is 15.9. The Hall–Kier alpha value is -1.17. The summed E-state index contributed by atoms with van der Waals surface area (Å²) in [6, 6.07) is 3.16. The molecule has 0 bridgehead atoms. The fourth-order valence-electron chi connectivity index (χ4n) is 1.53. The van der Waals surface area contributed by atoms with Crippen LogP contribution in [-0.4, -0.2) is 24.8 Å². The Morgan fingerprint density at radius 1 is 1.47 bits per heavy atom. The second kappa shape index (κ2) is 5.86. The van der Waals surface area contributed by atoms with Gasteiger partial charge in [-0.1, -0.05) is 11.6 Å². The SMILES string of the molecule is CC(C)(CN)NC(=O)c1cc(Cl)c2c(c1)OCO2.Cl. The third-order valence-electron chi connectivity index (χ3n) is 2.65. The second-order valence-electron chi connectivity index (χ2n) is 4.73. The van der Waals surface area contributed by atoms with Crippen molar-refractivity contribution < 1.29 is 14.3 Å². The van der Waals surface area contributed by atoms with Gasteiger partial charge in [-0.25, -0.2) is 0 Å². The van der Waals surface area contributed by atoms with Crippen molar-refractivity contribution >= 4 is 29.9 Å². The predicted molar refractivity (Wildman–Crippen MR) is 75.4 cm³/mol. The van der Waals surface area contributed by atoms with E-state index in [1.165, 1.54) is 0 Å². The molecular formula is C12H16Cl2N2O3. The topological polar surface area (TPSA) is 73.6 Å². The molecule has 0 fully saturated rings. The molecule has 0 saturated heterocycles. The van der Waals surface area contributed by atoms with Crippen molar-refractivity contribution in [3.05, 3.63) is 22.7 Å². The Bertz CT molecular complexity index is 492. The lowest BCUT2D eigenvalue weighted by atomic mass is 10.1. The molecule has 1 aliphatic rings. The number of halogens is 2. The van der Waals surface area contributed by atoms with Gasteiger partial charge in [0.05, 0.1) is 5.02 Å². The molecule has 0 radical (unpaired) electrons. The number of fused-ring (bicyclic) bond motifs is 1. The molecule has 106 valence electrons. The monoisotopic (exact) mass is 306 g/mol. The number of rotatable bonds is 3. The van der Waals surface area contributed by atoms with Crippen molar-refractivity contribution in [2.24, 2.45) is 5.73 Å². The van der Waals surface area contributed by atoms with E-state index in [4.69, 9.17) is 26.8 Å². The van der Waals surface area contributed by atoms with Gasteiger partial charge in [-0.2, -0.15) is 0 Å². The third-order valence-corrected chi connectivity index (χ3v) is 2.93. The number of benzene rings is 1. The lowest BCUT2D eigenvalue weighted by Crippen LogP contribution is -2.48.